The minimum Gasteiger partial charge on any atom is -0.497 e. The number of ether oxygens (including phenoxy) is 2. The summed E-state index contributed by atoms with van der Waals surface area (Å²) >= 11 is 5.92. The van der Waals surface area contributed by atoms with Gasteiger partial charge < -0.3 is 14.4 Å². The van der Waals surface area contributed by atoms with Gasteiger partial charge in [-0.2, -0.15) is 0 Å². The first kappa shape index (κ1) is 17.2. The van der Waals surface area contributed by atoms with Crippen LogP contribution in [0.5, 0.6) is 11.5 Å². The van der Waals surface area contributed by atoms with E-state index in [0.717, 1.165) is 11.3 Å². The van der Waals surface area contributed by atoms with Crippen molar-refractivity contribution in [1.29, 1.82) is 0 Å². The number of nitrogens with zero attached hydrogens (tertiary/aromatic N) is 1. The number of methoxy groups -OCH3 is 1. The van der Waals surface area contributed by atoms with Crippen molar-refractivity contribution in [1.82, 2.24) is 4.90 Å². The Kier molecular flexibility index (Phi) is 5.88. The highest BCUT2D eigenvalue weighted by Gasteiger charge is 2.19. The second kappa shape index (κ2) is 7.88. The first-order chi connectivity index (χ1) is 11.0. The Morgan fingerprint density at radius 3 is 2.48 bits per heavy atom. The minimum atomic E-state index is -0.586. The third-order valence-electron chi connectivity index (χ3n) is 3.41. The van der Waals surface area contributed by atoms with Gasteiger partial charge in [-0.1, -0.05) is 29.8 Å². The zero-order chi connectivity index (χ0) is 16.8. The van der Waals surface area contributed by atoms with Crippen LogP contribution in [0.2, 0.25) is 5.02 Å². The molecule has 1 atom stereocenters. The van der Waals surface area contributed by atoms with Crippen LogP contribution < -0.4 is 9.47 Å². The van der Waals surface area contributed by atoms with Crippen LogP contribution in [0.4, 0.5) is 0 Å². The second-order valence-corrected chi connectivity index (χ2v) is 5.70. The van der Waals surface area contributed by atoms with E-state index in [1.54, 1.807) is 50.2 Å². The number of amides is 1. The maximum Gasteiger partial charge on any atom is 0.263 e. The SMILES string of the molecule is COc1ccc(CN(C)C(=O)[C@H](C)Oc2cccc(Cl)c2)cc1. The van der Waals surface area contributed by atoms with Crippen molar-refractivity contribution < 1.29 is 14.3 Å². The lowest BCUT2D eigenvalue weighted by atomic mass is 10.2. The Labute approximate surface area is 141 Å². The number of carbonyl (C=O) groups excluding carboxylic acids is 1. The molecule has 0 aromatic heterocycles. The molecule has 0 heterocycles. The quantitative estimate of drug-likeness (QED) is 0.807. The van der Waals surface area contributed by atoms with E-state index >= 15 is 0 Å². The number of hydrogen-bond acceptors (Lipinski definition) is 3. The molecule has 0 radical (unpaired) electrons. The van der Waals surface area contributed by atoms with Gasteiger partial charge in [-0.15, -0.1) is 0 Å². The molecule has 0 aliphatic rings. The average Bonchev–Trinajstić information content (AvgIpc) is 2.54. The molecule has 0 aliphatic heterocycles. The number of hydrogen-bond donors (Lipinski definition) is 0. The summed E-state index contributed by atoms with van der Waals surface area (Å²) in [5.41, 5.74) is 1.02. The Morgan fingerprint density at radius 1 is 1.17 bits per heavy atom. The van der Waals surface area contributed by atoms with E-state index in [9.17, 15) is 4.79 Å². The molecule has 0 bridgehead atoms. The second-order valence-electron chi connectivity index (χ2n) is 5.26. The van der Waals surface area contributed by atoms with Gasteiger partial charge in [0.2, 0.25) is 0 Å². The Bertz CT molecular complexity index is 658. The molecule has 5 heteroatoms. The Balaban J connectivity index is 1.95. The first-order valence-electron chi connectivity index (χ1n) is 7.29. The summed E-state index contributed by atoms with van der Waals surface area (Å²) < 4.78 is 10.8. The van der Waals surface area contributed by atoms with Gasteiger partial charge in [0, 0.05) is 18.6 Å². The summed E-state index contributed by atoms with van der Waals surface area (Å²) in [4.78, 5) is 14.0. The van der Waals surface area contributed by atoms with Crippen LogP contribution in [0.1, 0.15) is 12.5 Å². The molecule has 122 valence electrons. The largest absolute Gasteiger partial charge is 0.497 e. The zero-order valence-corrected chi connectivity index (χ0v) is 14.2. The molecule has 0 N–H and O–H groups in total. The van der Waals surface area contributed by atoms with Gasteiger partial charge >= 0.3 is 0 Å². The molecule has 2 aromatic carbocycles. The van der Waals surface area contributed by atoms with E-state index in [2.05, 4.69) is 0 Å². The third kappa shape index (κ3) is 4.89. The van der Waals surface area contributed by atoms with E-state index in [0.29, 0.717) is 17.3 Å². The predicted octanol–water partition coefficient (Wildman–Crippen LogP) is 3.77. The van der Waals surface area contributed by atoms with Gasteiger partial charge in [-0.05, 0) is 42.8 Å². The summed E-state index contributed by atoms with van der Waals surface area (Å²) in [6.45, 7) is 2.24. The average molecular weight is 334 g/mol. The van der Waals surface area contributed by atoms with Crippen molar-refractivity contribution in [3.05, 3.63) is 59.1 Å². The number of rotatable bonds is 6. The highest BCUT2D eigenvalue weighted by atomic mass is 35.5. The van der Waals surface area contributed by atoms with E-state index in [4.69, 9.17) is 21.1 Å². The fourth-order valence-corrected chi connectivity index (χ4v) is 2.37. The molecule has 0 spiro atoms. The Morgan fingerprint density at radius 2 is 1.87 bits per heavy atom. The molecule has 0 fully saturated rings. The molecule has 2 aromatic rings. The maximum absolute atomic E-state index is 12.4. The predicted molar refractivity (Wildman–Crippen MR) is 91.0 cm³/mol. The van der Waals surface area contributed by atoms with Gasteiger partial charge in [-0.25, -0.2) is 0 Å². The maximum atomic E-state index is 12.4. The third-order valence-corrected chi connectivity index (χ3v) is 3.65. The number of likely N-dealkylation sites (N-methyl/N-ethyl adjacent to an activating group) is 1. The smallest absolute Gasteiger partial charge is 0.263 e. The summed E-state index contributed by atoms with van der Waals surface area (Å²) in [6, 6.07) is 14.6. The van der Waals surface area contributed by atoms with Gasteiger partial charge in [0.05, 0.1) is 7.11 Å². The van der Waals surface area contributed by atoms with Crippen LogP contribution in [-0.4, -0.2) is 31.1 Å². The van der Waals surface area contributed by atoms with Crippen molar-refractivity contribution in [3.63, 3.8) is 0 Å². The van der Waals surface area contributed by atoms with E-state index in [-0.39, 0.29) is 5.91 Å². The molecule has 0 saturated heterocycles. The monoisotopic (exact) mass is 333 g/mol. The fourth-order valence-electron chi connectivity index (χ4n) is 2.19. The van der Waals surface area contributed by atoms with E-state index < -0.39 is 6.10 Å². The highest BCUT2D eigenvalue weighted by Crippen LogP contribution is 2.19. The lowest BCUT2D eigenvalue weighted by molar-refractivity contribution is -0.137. The Hall–Kier alpha value is -2.20. The van der Waals surface area contributed by atoms with Gasteiger partial charge in [0.1, 0.15) is 11.5 Å². The molecule has 2 rings (SSSR count). The molecular weight excluding hydrogens is 314 g/mol. The lowest BCUT2D eigenvalue weighted by Gasteiger charge is -2.22. The normalized spacial score (nSPS) is 11.7. The van der Waals surface area contributed by atoms with Crippen LogP contribution in [-0.2, 0) is 11.3 Å². The molecule has 4 nitrogen and oxygen atoms in total. The highest BCUT2D eigenvalue weighted by molar-refractivity contribution is 6.30. The minimum absolute atomic E-state index is 0.0965. The molecule has 0 saturated carbocycles. The first-order valence-corrected chi connectivity index (χ1v) is 7.67. The molecular formula is C18H20ClNO3. The van der Waals surface area contributed by atoms with Gasteiger partial charge in [0.15, 0.2) is 6.10 Å². The van der Waals surface area contributed by atoms with E-state index in [1.165, 1.54) is 0 Å². The van der Waals surface area contributed by atoms with E-state index in [1.807, 2.05) is 24.3 Å². The van der Waals surface area contributed by atoms with Crippen LogP contribution in [0.25, 0.3) is 0 Å². The van der Waals surface area contributed by atoms with Crippen LogP contribution >= 0.6 is 11.6 Å². The summed E-state index contributed by atoms with van der Waals surface area (Å²) in [6.07, 6.45) is -0.586. The van der Waals surface area contributed by atoms with Crippen LogP contribution in [0, 0.1) is 0 Å². The van der Waals surface area contributed by atoms with Crippen molar-refractivity contribution in [2.75, 3.05) is 14.2 Å². The van der Waals surface area contributed by atoms with Crippen LogP contribution in [0.3, 0.4) is 0 Å². The summed E-state index contributed by atoms with van der Waals surface area (Å²) in [5.74, 6) is 1.28. The summed E-state index contributed by atoms with van der Waals surface area (Å²) in [5, 5.41) is 0.578. The van der Waals surface area contributed by atoms with Crippen molar-refractivity contribution in [2.24, 2.45) is 0 Å². The lowest BCUT2D eigenvalue weighted by Crippen LogP contribution is -2.37. The van der Waals surface area contributed by atoms with Gasteiger partial charge in [-0.3, -0.25) is 4.79 Å². The van der Waals surface area contributed by atoms with Crippen molar-refractivity contribution >= 4 is 17.5 Å². The topological polar surface area (TPSA) is 38.8 Å². The zero-order valence-electron chi connectivity index (χ0n) is 13.5. The number of carbonyl (C=O) groups is 1. The van der Waals surface area contributed by atoms with Gasteiger partial charge in [0.25, 0.3) is 5.91 Å². The summed E-state index contributed by atoms with van der Waals surface area (Å²) in [7, 11) is 3.38. The molecule has 0 aliphatic carbocycles. The molecule has 0 unspecified atom stereocenters. The van der Waals surface area contributed by atoms with Crippen molar-refractivity contribution in [2.45, 2.75) is 19.6 Å². The standard InChI is InChI=1S/C18H20ClNO3/c1-13(23-17-6-4-5-15(19)11-17)18(21)20(2)12-14-7-9-16(22-3)10-8-14/h4-11,13H,12H2,1-3H3/t13-/m0/s1. The van der Waals surface area contributed by atoms with Crippen molar-refractivity contribution in [3.8, 4) is 11.5 Å². The fraction of sp³-hybridized carbons (Fsp3) is 0.278. The number of halogens is 1. The van der Waals surface area contributed by atoms with Crippen LogP contribution in [0.15, 0.2) is 48.5 Å². The number of benzene rings is 2. The molecule has 23 heavy (non-hydrogen) atoms. The molecule has 1 amide bonds.